The van der Waals surface area contributed by atoms with Gasteiger partial charge in [0, 0.05) is 19.1 Å². The number of aromatic nitrogens is 1. The van der Waals surface area contributed by atoms with Crippen molar-refractivity contribution in [1.29, 1.82) is 5.26 Å². The zero-order valence-corrected chi connectivity index (χ0v) is 10.9. The van der Waals surface area contributed by atoms with Gasteiger partial charge in [0.2, 0.25) is 5.89 Å². The third kappa shape index (κ3) is 2.30. The minimum atomic E-state index is -0.925. The van der Waals surface area contributed by atoms with E-state index < -0.39 is 5.92 Å². The number of carbonyl (C=O) groups excluding carboxylic acids is 1. The summed E-state index contributed by atoms with van der Waals surface area (Å²) in [5.74, 6) is -0.971. The van der Waals surface area contributed by atoms with E-state index in [9.17, 15) is 10.1 Å². The van der Waals surface area contributed by atoms with E-state index in [-0.39, 0.29) is 17.6 Å². The van der Waals surface area contributed by atoms with Crippen LogP contribution in [0.25, 0.3) is 11.1 Å². The summed E-state index contributed by atoms with van der Waals surface area (Å²) >= 11 is 0. The second-order valence-corrected chi connectivity index (χ2v) is 4.87. The molecular weight excluding hydrogens is 256 g/mol. The monoisotopic (exact) mass is 270 g/mol. The van der Waals surface area contributed by atoms with Crippen molar-refractivity contribution in [3.05, 3.63) is 30.2 Å². The lowest BCUT2D eigenvalue weighted by Gasteiger charge is -2.21. The van der Waals surface area contributed by atoms with Crippen molar-refractivity contribution in [3.8, 4) is 6.07 Å². The van der Waals surface area contributed by atoms with Crippen molar-refractivity contribution in [2.75, 3.05) is 13.2 Å². The molecule has 0 amide bonds. The second-order valence-electron chi connectivity index (χ2n) is 4.87. The summed E-state index contributed by atoms with van der Waals surface area (Å²) in [6.07, 6.45) is 1.33. The zero-order valence-electron chi connectivity index (χ0n) is 10.9. The van der Waals surface area contributed by atoms with Crippen molar-refractivity contribution in [1.82, 2.24) is 4.98 Å². The lowest BCUT2D eigenvalue weighted by molar-refractivity contribution is -0.126. The molecule has 2 aromatic rings. The van der Waals surface area contributed by atoms with Crippen LogP contribution >= 0.6 is 0 Å². The van der Waals surface area contributed by atoms with Gasteiger partial charge >= 0.3 is 0 Å². The fourth-order valence-electron chi connectivity index (χ4n) is 2.47. The van der Waals surface area contributed by atoms with E-state index in [0.717, 1.165) is 0 Å². The van der Waals surface area contributed by atoms with Crippen LogP contribution < -0.4 is 0 Å². The molecule has 20 heavy (non-hydrogen) atoms. The average molecular weight is 270 g/mol. The Hall–Kier alpha value is -2.19. The number of rotatable bonds is 3. The first kappa shape index (κ1) is 12.8. The lowest BCUT2D eigenvalue weighted by Crippen LogP contribution is -2.27. The van der Waals surface area contributed by atoms with Crippen molar-refractivity contribution >= 4 is 16.9 Å². The number of nitriles is 1. The normalized spacial score (nSPS) is 17.8. The molecule has 102 valence electrons. The highest BCUT2D eigenvalue weighted by Crippen LogP contribution is 2.27. The van der Waals surface area contributed by atoms with Gasteiger partial charge in [-0.05, 0) is 25.0 Å². The van der Waals surface area contributed by atoms with Gasteiger partial charge in [0.05, 0.1) is 6.07 Å². The first-order chi connectivity index (χ1) is 9.79. The third-order valence-electron chi connectivity index (χ3n) is 3.59. The van der Waals surface area contributed by atoms with Crippen LogP contribution in [0.4, 0.5) is 0 Å². The fraction of sp³-hybridized carbons (Fsp3) is 0.400. The summed E-state index contributed by atoms with van der Waals surface area (Å²) in [6, 6.07) is 9.28. The number of ketones is 1. The molecule has 1 aromatic carbocycles. The summed E-state index contributed by atoms with van der Waals surface area (Å²) < 4.78 is 10.8. The molecule has 1 unspecified atom stereocenters. The van der Waals surface area contributed by atoms with Gasteiger partial charge < -0.3 is 9.15 Å². The predicted octanol–water partition coefficient (Wildman–Crippen LogP) is 2.43. The van der Waals surface area contributed by atoms with E-state index in [4.69, 9.17) is 9.15 Å². The van der Waals surface area contributed by atoms with E-state index >= 15 is 0 Å². The maximum atomic E-state index is 12.4. The summed E-state index contributed by atoms with van der Waals surface area (Å²) in [5.41, 5.74) is 1.27. The number of hydrogen-bond acceptors (Lipinski definition) is 5. The molecule has 1 atom stereocenters. The summed E-state index contributed by atoms with van der Waals surface area (Å²) in [5, 5.41) is 9.30. The van der Waals surface area contributed by atoms with E-state index in [1.807, 2.05) is 18.2 Å². The molecule has 1 aromatic heterocycles. The third-order valence-corrected chi connectivity index (χ3v) is 3.59. The topological polar surface area (TPSA) is 76.1 Å². The molecule has 0 saturated carbocycles. The number of nitrogens with zero attached hydrogens (tertiary/aromatic N) is 2. The van der Waals surface area contributed by atoms with Crippen molar-refractivity contribution in [3.63, 3.8) is 0 Å². The van der Waals surface area contributed by atoms with Crippen LogP contribution in [-0.2, 0) is 9.53 Å². The van der Waals surface area contributed by atoms with E-state index in [0.29, 0.717) is 37.2 Å². The Morgan fingerprint density at radius 2 is 2.10 bits per heavy atom. The quantitative estimate of drug-likeness (QED) is 0.856. The minimum absolute atomic E-state index is 0.109. The summed E-state index contributed by atoms with van der Waals surface area (Å²) in [6.45, 7) is 1.14. The Morgan fingerprint density at radius 1 is 1.35 bits per heavy atom. The van der Waals surface area contributed by atoms with E-state index in [2.05, 4.69) is 4.98 Å². The number of benzene rings is 1. The minimum Gasteiger partial charge on any atom is -0.439 e. The van der Waals surface area contributed by atoms with Gasteiger partial charge in [-0.2, -0.15) is 5.26 Å². The molecule has 0 spiro atoms. The molecule has 5 nitrogen and oxygen atoms in total. The number of carbonyl (C=O) groups is 1. The molecule has 0 N–H and O–H groups in total. The smallest absolute Gasteiger partial charge is 0.220 e. The molecule has 0 bridgehead atoms. The molecule has 3 rings (SSSR count). The van der Waals surface area contributed by atoms with Gasteiger partial charge in [0.25, 0.3) is 0 Å². The van der Waals surface area contributed by atoms with Crippen LogP contribution in [0, 0.1) is 17.2 Å². The van der Waals surface area contributed by atoms with Crippen LogP contribution in [0.5, 0.6) is 0 Å². The SMILES string of the molecule is N#CC(C(=O)C1CCOCC1)c1nc2ccccc2o1. The maximum absolute atomic E-state index is 12.4. The Balaban J connectivity index is 1.89. The van der Waals surface area contributed by atoms with Crippen molar-refractivity contribution in [2.45, 2.75) is 18.8 Å². The Morgan fingerprint density at radius 3 is 2.80 bits per heavy atom. The molecular formula is C15H14N2O3. The predicted molar refractivity (Wildman–Crippen MR) is 70.9 cm³/mol. The Kier molecular flexibility index (Phi) is 3.48. The maximum Gasteiger partial charge on any atom is 0.220 e. The highest BCUT2D eigenvalue weighted by atomic mass is 16.5. The number of Topliss-reactive ketones (excluding diaryl/α,β-unsaturated/α-hetero) is 1. The first-order valence-corrected chi connectivity index (χ1v) is 6.66. The Bertz CT molecular complexity index is 632. The van der Waals surface area contributed by atoms with Gasteiger partial charge in [-0.1, -0.05) is 12.1 Å². The van der Waals surface area contributed by atoms with Crippen LogP contribution in [0.2, 0.25) is 0 Å². The van der Waals surface area contributed by atoms with E-state index in [1.165, 1.54) is 0 Å². The number of ether oxygens (including phenoxy) is 1. The summed E-state index contributed by atoms with van der Waals surface area (Å²) in [4.78, 5) is 16.7. The average Bonchev–Trinajstić information content (AvgIpc) is 2.92. The van der Waals surface area contributed by atoms with Crippen LogP contribution in [0.15, 0.2) is 28.7 Å². The Labute approximate surface area is 116 Å². The van der Waals surface area contributed by atoms with Crippen molar-refractivity contribution < 1.29 is 13.9 Å². The van der Waals surface area contributed by atoms with Gasteiger partial charge in [0.15, 0.2) is 17.3 Å². The van der Waals surface area contributed by atoms with Crippen LogP contribution in [-0.4, -0.2) is 24.0 Å². The number of fused-ring (bicyclic) bond motifs is 1. The van der Waals surface area contributed by atoms with Gasteiger partial charge in [-0.25, -0.2) is 4.98 Å². The molecule has 5 heteroatoms. The highest BCUT2D eigenvalue weighted by Gasteiger charge is 2.32. The summed E-state index contributed by atoms with van der Waals surface area (Å²) in [7, 11) is 0. The van der Waals surface area contributed by atoms with Gasteiger partial charge in [-0.15, -0.1) is 0 Å². The molecule has 2 heterocycles. The lowest BCUT2D eigenvalue weighted by atomic mass is 9.88. The molecule has 1 fully saturated rings. The number of hydrogen-bond donors (Lipinski definition) is 0. The first-order valence-electron chi connectivity index (χ1n) is 6.66. The van der Waals surface area contributed by atoms with E-state index in [1.54, 1.807) is 12.1 Å². The highest BCUT2D eigenvalue weighted by molar-refractivity contribution is 5.90. The van der Waals surface area contributed by atoms with Crippen LogP contribution in [0.1, 0.15) is 24.7 Å². The van der Waals surface area contributed by atoms with Crippen LogP contribution in [0.3, 0.4) is 0 Å². The largest absolute Gasteiger partial charge is 0.439 e. The molecule has 1 aliphatic heterocycles. The standard InChI is InChI=1S/C15H14N2O3/c16-9-11(14(18)10-5-7-19-8-6-10)15-17-12-3-1-2-4-13(12)20-15/h1-4,10-11H,5-8H2. The molecule has 1 saturated heterocycles. The fourth-order valence-corrected chi connectivity index (χ4v) is 2.47. The molecule has 0 radical (unpaired) electrons. The zero-order chi connectivity index (χ0) is 13.9. The number of para-hydroxylation sites is 2. The second kappa shape index (κ2) is 5.43. The molecule has 0 aliphatic carbocycles. The number of oxazole rings is 1. The molecule has 1 aliphatic rings. The van der Waals surface area contributed by atoms with Crippen molar-refractivity contribution in [2.24, 2.45) is 5.92 Å². The van der Waals surface area contributed by atoms with Gasteiger partial charge in [-0.3, -0.25) is 4.79 Å². The van der Waals surface area contributed by atoms with Gasteiger partial charge in [0.1, 0.15) is 5.52 Å².